The van der Waals surface area contributed by atoms with Crippen LogP contribution < -0.4 is 9.64 Å². The molecule has 0 bridgehead atoms. The van der Waals surface area contributed by atoms with Crippen LogP contribution in [0.4, 0.5) is 5.69 Å². The van der Waals surface area contributed by atoms with E-state index in [1.165, 1.54) is 9.87 Å². The van der Waals surface area contributed by atoms with Gasteiger partial charge in [0.2, 0.25) is 15.9 Å². The van der Waals surface area contributed by atoms with E-state index < -0.39 is 10.0 Å². The van der Waals surface area contributed by atoms with Gasteiger partial charge in [-0.3, -0.25) is 4.79 Å². The van der Waals surface area contributed by atoms with Gasteiger partial charge in [-0.25, -0.2) is 8.42 Å². The zero-order valence-corrected chi connectivity index (χ0v) is 21.1. The molecular formula is C24H29BrN2O4S. The Balaban J connectivity index is 1.45. The molecule has 1 saturated heterocycles. The van der Waals surface area contributed by atoms with Gasteiger partial charge < -0.3 is 9.64 Å². The molecule has 0 aromatic heterocycles. The van der Waals surface area contributed by atoms with Crippen LogP contribution in [-0.2, 0) is 21.2 Å². The maximum atomic E-state index is 13.4. The SMILES string of the molecule is CCOc1ccc(S(=O)(=O)N2CCC(C(=O)N3c4ccc(Br)cc4C[C@@H]3C)CC2)cc1C. The molecule has 6 nitrogen and oxygen atoms in total. The topological polar surface area (TPSA) is 66.9 Å². The van der Waals surface area contributed by atoms with Gasteiger partial charge in [-0.15, -0.1) is 0 Å². The van der Waals surface area contributed by atoms with E-state index in [0.717, 1.165) is 22.1 Å². The number of amides is 1. The average Bonchev–Trinajstić information content (AvgIpc) is 3.09. The summed E-state index contributed by atoms with van der Waals surface area (Å²) in [6.45, 7) is 7.05. The van der Waals surface area contributed by atoms with Gasteiger partial charge in [0.25, 0.3) is 0 Å². The molecule has 1 amide bonds. The van der Waals surface area contributed by atoms with Gasteiger partial charge in [0.15, 0.2) is 0 Å². The summed E-state index contributed by atoms with van der Waals surface area (Å²) in [5.41, 5.74) is 2.95. The molecule has 1 atom stereocenters. The van der Waals surface area contributed by atoms with Crippen LogP contribution in [0, 0.1) is 12.8 Å². The number of carbonyl (C=O) groups is 1. The molecule has 2 aliphatic rings. The van der Waals surface area contributed by atoms with E-state index in [2.05, 4.69) is 28.9 Å². The lowest BCUT2D eigenvalue weighted by atomic mass is 9.96. The number of anilines is 1. The number of fused-ring (bicyclic) bond motifs is 1. The van der Waals surface area contributed by atoms with Gasteiger partial charge >= 0.3 is 0 Å². The van der Waals surface area contributed by atoms with E-state index in [-0.39, 0.29) is 22.8 Å². The van der Waals surface area contributed by atoms with Crippen LogP contribution in [0.25, 0.3) is 0 Å². The predicted octanol–water partition coefficient (Wildman–Crippen LogP) is 4.53. The normalized spacial score (nSPS) is 19.8. The molecule has 2 aromatic carbocycles. The summed E-state index contributed by atoms with van der Waals surface area (Å²) in [5, 5.41) is 0. The van der Waals surface area contributed by atoms with Crippen LogP contribution in [-0.4, -0.2) is 44.4 Å². The minimum absolute atomic E-state index is 0.104. The van der Waals surface area contributed by atoms with Gasteiger partial charge in [-0.2, -0.15) is 4.31 Å². The summed E-state index contributed by atoms with van der Waals surface area (Å²) >= 11 is 3.51. The van der Waals surface area contributed by atoms with Crippen LogP contribution in [0.5, 0.6) is 5.75 Å². The van der Waals surface area contributed by atoms with Gasteiger partial charge in [-0.1, -0.05) is 15.9 Å². The molecule has 0 radical (unpaired) electrons. The first-order valence-corrected chi connectivity index (χ1v) is 13.3. The fourth-order valence-corrected chi connectivity index (χ4v) is 6.69. The lowest BCUT2D eigenvalue weighted by Crippen LogP contribution is -2.46. The fraction of sp³-hybridized carbons (Fsp3) is 0.458. The molecule has 32 heavy (non-hydrogen) atoms. The molecule has 0 saturated carbocycles. The number of piperidine rings is 1. The lowest BCUT2D eigenvalue weighted by Gasteiger charge is -2.34. The Hall–Kier alpha value is -1.90. The first-order chi connectivity index (χ1) is 15.2. The molecule has 172 valence electrons. The van der Waals surface area contributed by atoms with E-state index in [1.807, 2.05) is 30.9 Å². The van der Waals surface area contributed by atoms with Gasteiger partial charge in [0.05, 0.1) is 11.5 Å². The van der Waals surface area contributed by atoms with E-state index in [4.69, 9.17) is 4.74 Å². The highest BCUT2D eigenvalue weighted by atomic mass is 79.9. The number of hydrogen-bond acceptors (Lipinski definition) is 4. The average molecular weight is 521 g/mol. The fourth-order valence-electron chi connectivity index (χ4n) is 4.72. The van der Waals surface area contributed by atoms with Crippen molar-refractivity contribution in [2.75, 3.05) is 24.6 Å². The molecule has 2 aromatic rings. The highest BCUT2D eigenvalue weighted by molar-refractivity contribution is 9.10. The Kier molecular flexibility index (Phi) is 6.66. The number of benzene rings is 2. The number of hydrogen-bond donors (Lipinski definition) is 0. The van der Waals surface area contributed by atoms with Crippen molar-refractivity contribution in [3.8, 4) is 5.75 Å². The van der Waals surface area contributed by atoms with Crippen molar-refractivity contribution in [1.29, 1.82) is 0 Å². The molecule has 0 unspecified atom stereocenters. The third kappa shape index (κ3) is 4.32. The van der Waals surface area contributed by atoms with Crippen molar-refractivity contribution in [1.82, 2.24) is 4.31 Å². The van der Waals surface area contributed by atoms with Crippen molar-refractivity contribution < 1.29 is 17.9 Å². The minimum Gasteiger partial charge on any atom is -0.494 e. The minimum atomic E-state index is -3.60. The van der Waals surface area contributed by atoms with Crippen LogP contribution in [0.15, 0.2) is 45.8 Å². The second kappa shape index (κ2) is 9.15. The van der Waals surface area contributed by atoms with Crippen molar-refractivity contribution in [3.63, 3.8) is 0 Å². The molecule has 8 heteroatoms. The van der Waals surface area contributed by atoms with E-state index in [9.17, 15) is 13.2 Å². The largest absolute Gasteiger partial charge is 0.494 e. The molecular weight excluding hydrogens is 492 g/mol. The highest BCUT2D eigenvalue weighted by Crippen LogP contribution is 2.37. The second-order valence-corrected chi connectivity index (χ2v) is 11.4. The van der Waals surface area contributed by atoms with E-state index in [0.29, 0.717) is 38.3 Å². The zero-order valence-electron chi connectivity index (χ0n) is 18.7. The summed E-state index contributed by atoms with van der Waals surface area (Å²) < 4.78 is 34.4. The first-order valence-electron chi connectivity index (χ1n) is 11.1. The predicted molar refractivity (Wildman–Crippen MR) is 129 cm³/mol. The van der Waals surface area contributed by atoms with Crippen LogP contribution in [0.1, 0.15) is 37.8 Å². The van der Waals surface area contributed by atoms with Crippen LogP contribution in [0.3, 0.4) is 0 Å². The number of ether oxygens (including phenoxy) is 1. The maximum Gasteiger partial charge on any atom is 0.243 e. The maximum absolute atomic E-state index is 13.4. The monoisotopic (exact) mass is 520 g/mol. The van der Waals surface area contributed by atoms with Crippen molar-refractivity contribution in [3.05, 3.63) is 52.0 Å². The van der Waals surface area contributed by atoms with E-state index >= 15 is 0 Å². The number of rotatable bonds is 5. The molecule has 2 heterocycles. The molecule has 4 rings (SSSR count). The molecule has 0 N–H and O–H groups in total. The number of sulfonamides is 1. The Labute approximate surface area is 198 Å². The Morgan fingerprint density at radius 1 is 1.16 bits per heavy atom. The Morgan fingerprint density at radius 2 is 1.88 bits per heavy atom. The summed E-state index contributed by atoms with van der Waals surface area (Å²) in [6.07, 6.45) is 1.90. The molecule has 0 aliphatic carbocycles. The zero-order chi connectivity index (χ0) is 23.0. The quantitative estimate of drug-likeness (QED) is 0.580. The van der Waals surface area contributed by atoms with Crippen LogP contribution >= 0.6 is 15.9 Å². The van der Waals surface area contributed by atoms with Gasteiger partial charge in [-0.05, 0) is 87.6 Å². The number of carbonyl (C=O) groups excluding carboxylic acids is 1. The third-order valence-electron chi connectivity index (χ3n) is 6.38. The molecule has 2 aliphatic heterocycles. The standard InChI is InChI=1S/C24H29BrN2O4S/c1-4-31-23-8-6-21(13-16(23)2)32(29,30)26-11-9-18(10-12-26)24(28)27-17(3)14-19-15-20(25)5-7-22(19)27/h5-8,13,15,17-18H,4,9-12,14H2,1-3H3/t17-/m0/s1. The first kappa shape index (κ1) is 23.3. The van der Waals surface area contributed by atoms with Gasteiger partial charge in [0, 0.05) is 35.2 Å². The van der Waals surface area contributed by atoms with Crippen molar-refractivity contribution in [2.45, 2.75) is 51.0 Å². The number of halogens is 1. The second-order valence-electron chi connectivity index (χ2n) is 8.57. The highest BCUT2D eigenvalue weighted by Gasteiger charge is 2.38. The Morgan fingerprint density at radius 3 is 2.53 bits per heavy atom. The summed E-state index contributed by atoms with van der Waals surface area (Å²) in [6, 6.07) is 11.1. The van der Waals surface area contributed by atoms with Gasteiger partial charge in [0.1, 0.15) is 5.75 Å². The molecule has 0 spiro atoms. The third-order valence-corrected chi connectivity index (χ3v) is 8.77. The number of nitrogens with zero attached hydrogens (tertiary/aromatic N) is 2. The van der Waals surface area contributed by atoms with Crippen molar-refractivity contribution in [2.24, 2.45) is 5.92 Å². The molecule has 1 fully saturated rings. The summed E-state index contributed by atoms with van der Waals surface area (Å²) in [4.78, 5) is 15.5. The van der Waals surface area contributed by atoms with E-state index in [1.54, 1.807) is 18.2 Å². The Bertz CT molecular complexity index is 1130. The summed E-state index contributed by atoms with van der Waals surface area (Å²) in [5.74, 6) is 0.635. The number of aryl methyl sites for hydroxylation is 1. The van der Waals surface area contributed by atoms with Crippen molar-refractivity contribution >= 4 is 37.5 Å². The summed E-state index contributed by atoms with van der Waals surface area (Å²) in [7, 11) is -3.60. The lowest BCUT2D eigenvalue weighted by molar-refractivity contribution is -0.123. The van der Waals surface area contributed by atoms with Crippen LogP contribution in [0.2, 0.25) is 0 Å². The smallest absolute Gasteiger partial charge is 0.243 e.